The molecule has 0 amide bonds. The van der Waals surface area contributed by atoms with Crippen LogP contribution in [-0.2, 0) is 4.74 Å². The Morgan fingerprint density at radius 1 is 1.06 bits per heavy atom. The van der Waals surface area contributed by atoms with Gasteiger partial charge in [0.05, 0.1) is 11.6 Å². The molecule has 3 heteroatoms. The monoisotopic (exact) mass is 242 g/mol. The van der Waals surface area contributed by atoms with E-state index in [4.69, 9.17) is 21.1 Å². The van der Waals surface area contributed by atoms with Crippen LogP contribution < -0.4 is 4.74 Å². The molecule has 0 N–H and O–H groups in total. The number of hydrogen-bond acceptors (Lipinski definition) is 2. The van der Waals surface area contributed by atoms with E-state index in [9.17, 15) is 0 Å². The molecule has 16 heavy (non-hydrogen) atoms. The highest BCUT2D eigenvalue weighted by molar-refractivity contribution is 6.32. The molecule has 1 rings (SSSR count). The van der Waals surface area contributed by atoms with Gasteiger partial charge < -0.3 is 9.47 Å². The predicted molar refractivity (Wildman–Crippen MR) is 67.3 cm³/mol. The molecule has 0 atom stereocenters. The second-order valence-electron chi connectivity index (χ2n) is 3.60. The first kappa shape index (κ1) is 13.3. The second-order valence-corrected chi connectivity index (χ2v) is 4.01. The summed E-state index contributed by atoms with van der Waals surface area (Å²) in [4.78, 5) is 0. The van der Waals surface area contributed by atoms with E-state index in [1.807, 2.05) is 24.3 Å². The Bertz CT molecular complexity index is 289. The highest BCUT2D eigenvalue weighted by atomic mass is 35.5. The smallest absolute Gasteiger partial charge is 0.138 e. The van der Waals surface area contributed by atoms with Gasteiger partial charge in [-0.2, -0.15) is 0 Å². The molecule has 0 aliphatic rings. The van der Waals surface area contributed by atoms with Crippen molar-refractivity contribution in [3.63, 3.8) is 0 Å². The summed E-state index contributed by atoms with van der Waals surface area (Å²) in [7, 11) is 0. The van der Waals surface area contributed by atoms with Gasteiger partial charge in [0.1, 0.15) is 12.4 Å². The van der Waals surface area contributed by atoms with Crippen molar-refractivity contribution in [1.82, 2.24) is 0 Å². The van der Waals surface area contributed by atoms with Crippen LogP contribution in [0.15, 0.2) is 24.3 Å². The molecule has 0 bridgehead atoms. The minimum absolute atomic E-state index is 0.551. The number of unbranched alkanes of at least 4 members (excludes halogenated alkanes) is 2. The minimum atomic E-state index is 0.551. The third-order valence-corrected chi connectivity index (χ3v) is 2.53. The third-order valence-electron chi connectivity index (χ3n) is 2.21. The van der Waals surface area contributed by atoms with Gasteiger partial charge in [0.25, 0.3) is 0 Å². The lowest BCUT2D eigenvalue weighted by Gasteiger charge is -2.08. The number of hydrogen-bond donors (Lipinski definition) is 0. The van der Waals surface area contributed by atoms with Crippen LogP contribution in [0.25, 0.3) is 0 Å². The lowest BCUT2D eigenvalue weighted by molar-refractivity contribution is 0.0974. The lowest BCUT2D eigenvalue weighted by Crippen LogP contribution is -2.07. The maximum atomic E-state index is 5.94. The largest absolute Gasteiger partial charge is 0.490 e. The van der Waals surface area contributed by atoms with Crippen molar-refractivity contribution in [3.05, 3.63) is 29.3 Å². The second kappa shape index (κ2) is 8.43. The van der Waals surface area contributed by atoms with E-state index in [1.54, 1.807) is 0 Å². The molecule has 0 aliphatic heterocycles. The van der Waals surface area contributed by atoms with Gasteiger partial charge in [-0.3, -0.25) is 0 Å². The van der Waals surface area contributed by atoms with Gasteiger partial charge in [0.15, 0.2) is 0 Å². The van der Waals surface area contributed by atoms with Crippen LogP contribution in [0.3, 0.4) is 0 Å². The highest BCUT2D eigenvalue weighted by Crippen LogP contribution is 2.22. The summed E-state index contributed by atoms with van der Waals surface area (Å²) < 4.78 is 10.9. The van der Waals surface area contributed by atoms with E-state index in [1.165, 1.54) is 12.8 Å². The summed E-state index contributed by atoms with van der Waals surface area (Å²) in [5.41, 5.74) is 0. The first-order chi connectivity index (χ1) is 7.84. The van der Waals surface area contributed by atoms with Crippen LogP contribution in [0, 0.1) is 0 Å². The summed E-state index contributed by atoms with van der Waals surface area (Å²) in [6, 6.07) is 7.47. The van der Waals surface area contributed by atoms with E-state index in [2.05, 4.69) is 6.92 Å². The lowest BCUT2D eigenvalue weighted by atomic mass is 10.3. The molecule has 0 saturated heterocycles. The molecule has 0 fully saturated rings. The van der Waals surface area contributed by atoms with Gasteiger partial charge in [-0.1, -0.05) is 43.5 Å². The number of para-hydroxylation sites is 1. The molecule has 0 aliphatic carbocycles. The zero-order valence-corrected chi connectivity index (χ0v) is 10.5. The molecule has 0 unspecified atom stereocenters. The topological polar surface area (TPSA) is 18.5 Å². The van der Waals surface area contributed by atoms with Crippen LogP contribution in [0.2, 0.25) is 5.02 Å². The Balaban J connectivity index is 2.05. The summed E-state index contributed by atoms with van der Waals surface area (Å²) in [5.74, 6) is 0.723. The molecule has 90 valence electrons. The van der Waals surface area contributed by atoms with Crippen molar-refractivity contribution in [1.29, 1.82) is 0 Å². The average Bonchev–Trinajstić information content (AvgIpc) is 2.30. The van der Waals surface area contributed by atoms with E-state index >= 15 is 0 Å². The van der Waals surface area contributed by atoms with E-state index in [-0.39, 0.29) is 0 Å². The van der Waals surface area contributed by atoms with Gasteiger partial charge in [-0.15, -0.1) is 0 Å². The fourth-order valence-corrected chi connectivity index (χ4v) is 1.52. The number of benzene rings is 1. The Morgan fingerprint density at radius 3 is 2.62 bits per heavy atom. The molecule has 1 aromatic rings. The van der Waals surface area contributed by atoms with E-state index in [0.29, 0.717) is 18.2 Å². The summed E-state index contributed by atoms with van der Waals surface area (Å²) >= 11 is 5.94. The van der Waals surface area contributed by atoms with Crippen molar-refractivity contribution in [2.75, 3.05) is 19.8 Å². The fourth-order valence-electron chi connectivity index (χ4n) is 1.33. The first-order valence-corrected chi connectivity index (χ1v) is 6.17. The summed E-state index contributed by atoms with van der Waals surface area (Å²) in [5, 5.41) is 0.647. The van der Waals surface area contributed by atoms with Crippen LogP contribution in [-0.4, -0.2) is 19.8 Å². The van der Waals surface area contributed by atoms with Gasteiger partial charge >= 0.3 is 0 Å². The van der Waals surface area contributed by atoms with Gasteiger partial charge in [-0.05, 0) is 18.6 Å². The van der Waals surface area contributed by atoms with Gasteiger partial charge in [0, 0.05) is 6.61 Å². The van der Waals surface area contributed by atoms with Crippen molar-refractivity contribution < 1.29 is 9.47 Å². The van der Waals surface area contributed by atoms with Gasteiger partial charge in [-0.25, -0.2) is 0 Å². The Morgan fingerprint density at radius 2 is 1.88 bits per heavy atom. The molecular weight excluding hydrogens is 224 g/mol. The fraction of sp³-hybridized carbons (Fsp3) is 0.538. The van der Waals surface area contributed by atoms with Crippen LogP contribution in [0.1, 0.15) is 26.2 Å². The van der Waals surface area contributed by atoms with Crippen LogP contribution in [0.4, 0.5) is 0 Å². The molecule has 0 radical (unpaired) electrons. The van der Waals surface area contributed by atoms with E-state index < -0.39 is 0 Å². The summed E-state index contributed by atoms with van der Waals surface area (Å²) in [6.45, 7) is 4.17. The molecule has 0 aromatic heterocycles. The highest BCUT2D eigenvalue weighted by Gasteiger charge is 1.98. The Kier molecular flexibility index (Phi) is 7.02. The maximum Gasteiger partial charge on any atom is 0.138 e. The maximum absolute atomic E-state index is 5.94. The molecule has 1 aromatic carbocycles. The van der Waals surface area contributed by atoms with Crippen molar-refractivity contribution in [2.24, 2.45) is 0 Å². The summed E-state index contributed by atoms with van der Waals surface area (Å²) in [6.07, 6.45) is 3.58. The predicted octanol–water partition coefficient (Wildman–Crippen LogP) is 3.93. The minimum Gasteiger partial charge on any atom is -0.490 e. The molecule has 0 spiro atoms. The number of ether oxygens (including phenoxy) is 2. The van der Waals surface area contributed by atoms with Crippen molar-refractivity contribution in [3.8, 4) is 5.75 Å². The molecule has 0 heterocycles. The van der Waals surface area contributed by atoms with E-state index in [0.717, 1.165) is 18.8 Å². The Labute approximate surface area is 103 Å². The average molecular weight is 243 g/mol. The van der Waals surface area contributed by atoms with Crippen LogP contribution in [0.5, 0.6) is 5.75 Å². The SMILES string of the molecule is CCCCCOCCOc1ccccc1Cl. The number of rotatable bonds is 8. The normalized spacial score (nSPS) is 10.4. The standard InChI is InChI=1S/C13H19ClO2/c1-2-3-6-9-15-10-11-16-13-8-5-4-7-12(13)14/h4-5,7-8H,2-3,6,9-11H2,1H3. The van der Waals surface area contributed by atoms with Crippen molar-refractivity contribution >= 4 is 11.6 Å². The molecule has 2 nitrogen and oxygen atoms in total. The first-order valence-electron chi connectivity index (χ1n) is 5.79. The number of halogens is 1. The molecular formula is C13H19ClO2. The van der Waals surface area contributed by atoms with Crippen molar-refractivity contribution in [2.45, 2.75) is 26.2 Å². The third kappa shape index (κ3) is 5.38. The zero-order valence-electron chi connectivity index (χ0n) is 9.75. The van der Waals surface area contributed by atoms with Gasteiger partial charge in [0.2, 0.25) is 0 Å². The van der Waals surface area contributed by atoms with Crippen LogP contribution >= 0.6 is 11.6 Å². The quantitative estimate of drug-likeness (QED) is 0.643. The molecule has 0 saturated carbocycles. The Hall–Kier alpha value is -0.730. The zero-order chi connectivity index (χ0) is 11.6.